The molecule has 0 N–H and O–H groups in total. The molecular formula is C14H11ClN2O2. The van der Waals surface area contributed by atoms with E-state index in [2.05, 4.69) is 17.1 Å². The van der Waals surface area contributed by atoms with E-state index in [0.29, 0.717) is 10.8 Å². The van der Waals surface area contributed by atoms with Gasteiger partial charge in [-0.3, -0.25) is 9.59 Å². The van der Waals surface area contributed by atoms with E-state index >= 15 is 0 Å². The maximum Gasteiger partial charge on any atom is 0.239 e. The molecular weight excluding hydrogens is 264 g/mol. The third-order valence-corrected chi connectivity index (χ3v) is 4.63. The van der Waals surface area contributed by atoms with Gasteiger partial charge in [-0.1, -0.05) is 23.8 Å². The van der Waals surface area contributed by atoms with Gasteiger partial charge in [-0.15, -0.1) is 0 Å². The molecule has 2 amide bonds. The minimum atomic E-state index is -0.181. The standard InChI is InChI=1S/C14H11ClN2O2/c15-9-3-4-10(16-6-9)17-13(18)11-7-1-2-8(5-7)12(11)14(17)19/h1-4,6-8,11-12H,5H2. The van der Waals surface area contributed by atoms with Gasteiger partial charge in [-0.05, 0) is 30.4 Å². The molecule has 2 bridgehead atoms. The van der Waals surface area contributed by atoms with Gasteiger partial charge in [0.2, 0.25) is 11.8 Å². The number of fused-ring (bicyclic) bond motifs is 5. The summed E-state index contributed by atoms with van der Waals surface area (Å²) in [6.07, 6.45) is 6.55. The predicted molar refractivity (Wildman–Crippen MR) is 69.5 cm³/mol. The second kappa shape index (κ2) is 3.67. The summed E-state index contributed by atoms with van der Waals surface area (Å²) in [6, 6.07) is 3.26. The van der Waals surface area contributed by atoms with Crippen molar-refractivity contribution in [1.82, 2.24) is 4.98 Å². The van der Waals surface area contributed by atoms with E-state index in [9.17, 15) is 9.59 Å². The lowest BCUT2D eigenvalue weighted by Crippen LogP contribution is -2.33. The fourth-order valence-electron chi connectivity index (χ4n) is 3.63. The van der Waals surface area contributed by atoms with Crippen molar-refractivity contribution in [2.24, 2.45) is 23.7 Å². The molecule has 2 aliphatic carbocycles. The quantitative estimate of drug-likeness (QED) is 0.582. The first-order valence-electron chi connectivity index (χ1n) is 6.34. The molecule has 1 aromatic heterocycles. The highest BCUT2D eigenvalue weighted by Crippen LogP contribution is 2.52. The van der Waals surface area contributed by atoms with Crippen molar-refractivity contribution in [3.63, 3.8) is 0 Å². The molecule has 4 unspecified atom stereocenters. The van der Waals surface area contributed by atoms with Crippen LogP contribution in [0.2, 0.25) is 5.02 Å². The molecule has 19 heavy (non-hydrogen) atoms. The second-order valence-electron chi connectivity index (χ2n) is 5.35. The van der Waals surface area contributed by atoms with E-state index in [1.165, 1.54) is 11.1 Å². The maximum absolute atomic E-state index is 12.5. The fourth-order valence-corrected chi connectivity index (χ4v) is 3.74. The van der Waals surface area contributed by atoms with Crippen LogP contribution in [0.4, 0.5) is 5.82 Å². The molecule has 0 aromatic carbocycles. The molecule has 3 aliphatic rings. The van der Waals surface area contributed by atoms with E-state index < -0.39 is 0 Å². The van der Waals surface area contributed by atoms with E-state index in [1.807, 2.05) is 0 Å². The normalized spacial score (nSPS) is 35.3. The number of hydrogen-bond acceptors (Lipinski definition) is 3. The van der Waals surface area contributed by atoms with Crippen LogP contribution >= 0.6 is 11.6 Å². The second-order valence-corrected chi connectivity index (χ2v) is 5.78. The van der Waals surface area contributed by atoms with E-state index in [4.69, 9.17) is 11.6 Å². The monoisotopic (exact) mass is 274 g/mol. The molecule has 5 heteroatoms. The lowest BCUT2D eigenvalue weighted by atomic mass is 9.85. The predicted octanol–water partition coefficient (Wildman–Crippen LogP) is 2.05. The Morgan fingerprint density at radius 3 is 2.26 bits per heavy atom. The lowest BCUT2D eigenvalue weighted by molar-refractivity contribution is -0.123. The van der Waals surface area contributed by atoms with Gasteiger partial charge < -0.3 is 0 Å². The summed E-state index contributed by atoms with van der Waals surface area (Å²) in [6.45, 7) is 0. The van der Waals surface area contributed by atoms with E-state index in [1.54, 1.807) is 12.1 Å². The zero-order valence-electron chi connectivity index (χ0n) is 9.99. The molecule has 1 aliphatic heterocycles. The highest BCUT2D eigenvalue weighted by molar-refractivity contribution is 6.30. The molecule has 1 saturated heterocycles. The fraction of sp³-hybridized carbons (Fsp3) is 0.357. The molecule has 2 heterocycles. The van der Waals surface area contributed by atoms with Crippen LogP contribution in [0.3, 0.4) is 0 Å². The summed E-state index contributed by atoms with van der Waals surface area (Å²) < 4.78 is 0. The van der Waals surface area contributed by atoms with Gasteiger partial charge in [0.1, 0.15) is 5.82 Å². The number of pyridine rings is 1. The van der Waals surface area contributed by atoms with Crippen molar-refractivity contribution in [3.05, 3.63) is 35.5 Å². The third-order valence-electron chi connectivity index (χ3n) is 4.41. The highest BCUT2D eigenvalue weighted by atomic mass is 35.5. The van der Waals surface area contributed by atoms with Crippen LogP contribution < -0.4 is 4.90 Å². The number of rotatable bonds is 1. The Morgan fingerprint density at radius 1 is 1.11 bits per heavy atom. The molecule has 4 atom stereocenters. The van der Waals surface area contributed by atoms with E-state index in [0.717, 1.165) is 6.42 Å². The van der Waals surface area contributed by atoms with Crippen LogP contribution in [0.15, 0.2) is 30.5 Å². The lowest BCUT2D eigenvalue weighted by Gasteiger charge is -2.15. The number of allylic oxidation sites excluding steroid dienone is 2. The van der Waals surface area contributed by atoms with Crippen LogP contribution in [0.25, 0.3) is 0 Å². The van der Waals surface area contributed by atoms with Crippen molar-refractivity contribution in [2.75, 3.05) is 4.90 Å². The van der Waals surface area contributed by atoms with Crippen LogP contribution in [0.1, 0.15) is 6.42 Å². The topological polar surface area (TPSA) is 50.3 Å². The molecule has 0 spiro atoms. The van der Waals surface area contributed by atoms with Gasteiger partial charge >= 0.3 is 0 Å². The number of imide groups is 1. The van der Waals surface area contributed by atoms with Crippen LogP contribution in [-0.4, -0.2) is 16.8 Å². The van der Waals surface area contributed by atoms with Gasteiger partial charge in [0.05, 0.1) is 16.9 Å². The number of amides is 2. The van der Waals surface area contributed by atoms with Gasteiger partial charge in [0.25, 0.3) is 0 Å². The maximum atomic E-state index is 12.5. The zero-order valence-corrected chi connectivity index (χ0v) is 10.7. The van der Waals surface area contributed by atoms with Crippen molar-refractivity contribution < 1.29 is 9.59 Å². The molecule has 96 valence electrons. The van der Waals surface area contributed by atoms with Crippen molar-refractivity contribution in [1.29, 1.82) is 0 Å². The SMILES string of the molecule is O=C1C2C3C=CC(C3)C2C(=O)N1c1ccc(Cl)cn1. The average molecular weight is 275 g/mol. The molecule has 2 fully saturated rings. The summed E-state index contributed by atoms with van der Waals surface area (Å²) >= 11 is 5.78. The Kier molecular flexibility index (Phi) is 2.16. The van der Waals surface area contributed by atoms with Gasteiger partial charge in [-0.25, -0.2) is 9.88 Å². The number of carbonyl (C=O) groups excluding carboxylic acids is 2. The van der Waals surface area contributed by atoms with Gasteiger partial charge in [0.15, 0.2) is 0 Å². The first kappa shape index (κ1) is 11.2. The van der Waals surface area contributed by atoms with E-state index in [-0.39, 0.29) is 35.5 Å². The minimum absolute atomic E-state index is 0.110. The summed E-state index contributed by atoms with van der Waals surface area (Å²) in [5.74, 6) is 0.254. The Labute approximate surface area is 115 Å². The Morgan fingerprint density at radius 2 is 1.74 bits per heavy atom. The van der Waals surface area contributed by atoms with Crippen LogP contribution in [-0.2, 0) is 9.59 Å². The first-order valence-corrected chi connectivity index (χ1v) is 6.72. The third kappa shape index (κ3) is 1.38. The summed E-state index contributed by atoms with van der Waals surface area (Å²) in [7, 11) is 0. The largest absolute Gasteiger partial charge is 0.274 e. The molecule has 1 aromatic rings. The van der Waals surface area contributed by atoms with Crippen molar-refractivity contribution in [3.8, 4) is 0 Å². The molecule has 4 nitrogen and oxygen atoms in total. The van der Waals surface area contributed by atoms with Crippen LogP contribution in [0.5, 0.6) is 0 Å². The average Bonchev–Trinajstić information content (AvgIpc) is 3.06. The minimum Gasteiger partial charge on any atom is -0.274 e. The van der Waals surface area contributed by atoms with Gasteiger partial charge in [-0.2, -0.15) is 0 Å². The highest BCUT2D eigenvalue weighted by Gasteiger charge is 2.59. The van der Waals surface area contributed by atoms with Crippen molar-refractivity contribution in [2.45, 2.75) is 6.42 Å². The number of carbonyl (C=O) groups is 2. The summed E-state index contributed by atoms with van der Waals surface area (Å²) in [4.78, 5) is 30.3. The first-order chi connectivity index (χ1) is 9.16. The number of anilines is 1. The summed E-state index contributed by atoms with van der Waals surface area (Å²) in [5, 5.41) is 0.491. The number of halogens is 1. The molecule has 0 radical (unpaired) electrons. The van der Waals surface area contributed by atoms with Gasteiger partial charge in [0, 0.05) is 6.20 Å². The smallest absolute Gasteiger partial charge is 0.239 e. The Balaban J connectivity index is 1.74. The number of nitrogens with zero attached hydrogens (tertiary/aromatic N) is 2. The van der Waals surface area contributed by atoms with Crippen molar-refractivity contribution >= 4 is 29.2 Å². The number of hydrogen-bond donors (Lipinski definition) is 0. The zero-order chi connectivity index (χ0) is 13.1. The number of aromatic nitrogens is 1. The molecule has 1 saturated carbocycles. The Hall–Kier alpha value is -1.68. The summed E-state index contributed by atoms with van der Waals surface area (Å²) in [5.41, 5.74) is 0. The Bertz CT molecular complexity index is 580. The molecule has 4 rings (SSSR count). The van der Waals surface area contributed by atoms with Crippen LogP contribution in [0, 0.1) is 23.7 Å².